The summed E-state index contributed by atoms with van der Waals surface area (Å²) >= 11 is 0. The Balaban J connectivity index is 2.10. The molecule has 168 valence electrons. The molecule has 1 fully saturated rings. The molecule has 3 rings (SSSR count). The molecule has 3 heterocycles. The van der Waals surface area contributed by atoms with Crippen molar-refractivity contribution in [2.75, 3.05) is 38.8 Å². The summed E-state index contributed by atoms with van der Waals surface area (Å²) in [5.41, 5.74) is 2.18. The van der Waals surface area contributed by atoms with E-state index in [1.54, 1.807) is 29.8 Å². The molecule has 2 aromatic heterocycles. The van der Waals surface area contributed by atoms with Gasteiger partial charge in [0.05, 0.1) is 37.6 Å². The fourth-order valence-corrected chi connectivity index (χ4v) is 3.97. The Hall–Kier alpha value is -2.91. The van der Waals surface area contributed by atoms with E-state index in [9.17, 15) is 14.7 Å². The molecular formula is C22H29N3O6. The molecular weight excluding hydrogens is 402 g/mol. The first kappa shape index (κ1) is 22.8. The van der Waals surface area contributed by atoms with Crippen LogP contribution in [0.3, 0.4) is 0 Å². The lowest BCUT2D eigenvalue weighted by molar-refractivity contribution is -0.150. The number of carbonyl (C=O) groups is 2. The fraction of sp³-hybridized carbons (Fsp3) is 0.500. The van der Waals surface area contributed by atoms with Crippen molar-refractivity contribution in [1.29, 1.82) is 0 Å². The molecule has 1 atom stereocenters. The molecule has 0 radical (unpaired) electrons. The van der Waals surface area contributed by atoms with Gasteiger partial charge in [-0.05, 0) is 32.3 Å². The number of ether oxygens (including phenoxy) is 3. The third kappa shape index (κ3) is 4.42. The number of hydrogen-bond acceptors (Lipinski definition) is 8. The number of fused-ring (bicyclic) bond motifs is 1. The first-order chi connectivity index (χ1) is 14.7. The van der Waals surface area contributed by atoms with Gasteiger partial charge in [-0.1, -0.05) is 6.08 Å². The Morgan fingerprint density at radius 3 is 2.58 bits per heavy atom. The van der Waals surface area contributed by atoms with Crippen LogP contribution in [0.4, 0.5) is 5.69 Å². The molecule has 1 aliphatic rings. The van der Waals surface area contributed by atoms with E-state index in [-0.39, 0.29) is 11.3 Å². The number of esters is 2. The highest BCUT2D eigenvalue weighted by atomic mass is 16.5. The van der Waals surface area contributed by atoms with E-state index in [0.29, 0.717) is 42.0 Å². The van der Waals surface area contributed by atoms with Crippen LogP contribution in [-0.2, 0) is 19.0 Å². The number of anilines is 1. The van der Waals surface area contributed by atoms with Crippen molar-refractivity contribution in [1.82, 2.24) is 9.61 Å². The Kier molecular flexibility index (Phi) is 6.66. The second-order valence-corrected chi connectivity index (χ2v) is 7.89. The van der Waals surface area contributed by atoms with Crippen LogP contribution in [0.15, 0.2) is 24.9 Å². The van der Waals surface area contributed by atoms with E-state index < -0.39 is 18.0 Å². The molecule has 1 aliphatic heterocycles. The standard InChI is InChI=1S/C22H29N3O6/c1-6-11-31-22(3)7-9-24(10-8-22)18-16-12-15(20(27)29-4)23-25(16)13-14(2)17(18)19(26)21(28)30-5/h6,12-13,19,26H,1,7-11H2,2-5H3/t19-/m0/s1. The van der Waals surface area contributed by atoms with E-state index in [4.69, 9.17) is 14.2 Å². The van der Waals surface area contributed by atoms with Crippen LogP contribution in [0.25, 0.3) is 5.52 Å². The Morgan fingerprint density at radius 2 is 2.00 bits per heavy atom. The second-order valence-electron chi connectivity index (χ2n) is 7.89. The van der Waals surface area contributed by atoms with Gasteiger partial charge in [-0.3, -0.25) is 0 Å². The lowest BCUT2D eigenvalue weighted by Gasteiger charge is -2.41. The monoisotopic (exact) mass is 431 g/mol. The highest BCUT2D eigenvalue weighted by Crippen LogP contribution is 2.38. The average Bonchev–Trinajstić information content (AvgIpc) is 3.19. The molecule has 31 heavy (non-hydrogen) atoms. The first-order valence-corrected chi connectivity index (χ1v) is 10.1. The number of piperidine rings is 1. The summed E-state index contributed by atoms with van der Waals surface area (Å²) in [6, 6.07) is 1.61. The van der Waals surface area contributed by atoms with Gasteiger partial charge in [0.25, 0.3) is 0 Å². The van der Waals surface area contributed by atoms with Gasteiger partial charge in [0.1, 0.15) is 0 Å². The predicted molar refractivity (Wildman–Crippen MR) is 114 cm³/mol. The summed E-state index contributed by atoms with van der Waals surface area (Å²) < 4.78 is 17.1. The fourth-order valence-electron chi connectivity index (χ4n) is 3.97. The number of aliphatic hydroxyl groups excluding tert-OH is 1. The summed E-state index contributed by atoms with van der Waals surface area (Å²) in [4.78, 5) is 26.3. The summed E-state index contributed by atoms with van der Waals surface area (Å²) in [6.07, 6.45) is 3.42. The molecule has 9 heteroatoms. The molecule has 0 bridgehead atoms. The maximum Gasteiger partial charge on any atom is 0.358 e. The third-order valence-corrected chi connectivity index (χ3v) is 5.75. The Morgan fingerprint density at radius 1 is 1.32 bits per heavy atom. The van der Waals surface area contributed by atoms with E-state index in [1.807, 2.05) is 0 Å². The topological polar surface area (TPSA) is 103 Å². The largest absolute Gasteiger partial charge is 0.467 e. The van der Waals surface area contributed by atoms with Gasteiger partial charge >= 0.3 is 11.9 Å². The molecule has 1 saturated heterocycles. The lowest BCUT2D eigenvalue weighted by atomic mass is 9.91. The Labute approximate surface area is 181 Å². The highest BCUT2D eigenvalue weighted by molar-refractivity contribution is 5.92. The van der Waals surface area contributed by atoms with E-state index in [1.165, 1.54) is 14.2 Å². The number of nitrogens with zero attached hydrogens (tertiary/aromatic N) is 3. The van der Waals surface area contributed by atoms with Crippen LogP contribution in [0, 0.1) is 6.92 Å². The van der Waals surface area contributed by atoms with Crippen molar-refractivity contribution >= 4 is 23.1 Å². The minimum Gasteiger partial charge on any atom is -0.467 e. The molecule has 0 aliphatic carbocycles. The minimum absolute atomic E-state index is 0.143. The van der Waals surface area contributed by atoms with E-state index >= 15 is 0 Å². The van der Waals surface area contributed by atoms with Crippen LogP contribution < -0.4 is 4.90 Å². The zero-order valence-electron chi connectivity index (χ0n) is 18.4. The van der Waals surface area contributed by atoms with Crippen molar-refractivity contribution in [3.63, 3.8) is 0 Å². The zero-order valence-corrected chi connectivity index (χ0v) is 18.4. The van der Waals surface area contributed by atoms with Crippen molar-refractivity contribution in [3.8, 4) is 0 Å². The quantitative estimate of drug-likeness (QED) is 0.526. The van der Waals surface area contributed by atoms with E-state index in [0.717, 1.165) is 12.8 Å². The Bertz CT molecular complexity index is 991. The number of carbonyl (C=O) groups excluding carboxylic acids is 2. The van der Waals surface area contributed by atoms with Crippen LogP contribution in [0.5, 0.6) is 0 Å². The number of aliphatic hydroxyl groups is 1. The minimum atomic E-state index is -1.47. The predicted octanol–water partition coefficient (Wildman–Crippen LogP) is 2.20. The van der Waals surface area contributed by atoms with Gasteiger partial charge in [-0.2, -0.15) is 5.10 Å². The van der Waals surface area contributed by atoms with Crippen LogP contribution in [0.1, 0.15) is 47.5 Å². The molecule has 0 amide bonds. The lowest BCUT2D eigenvalue weighted by Crippen LogP contribution is -2.45. The second kappa shape index (κ2) is 9.07. The molecule has 0 spiro atoms. The molecule has 9 nitrogen and oxygen atoms in total. The average molecular weight is 431 g/mol. The normalized spacial score (nSPS) is 16.7. The molecule has 2 aromatic rings. The van der Waals surface area contributed by atoms with Gasteiger partial charge in [-0.25, -0.2) is 14.1 Å². The SMILES string of the molecule is C=CCOC1(C)CCN(c2c([C@H](O)C(=O)OC)c(C)cn3nc(C(=O)OC)cc23)CC1. The van der Waals surface area contributed by atoms with E-state index in [2.05, 4.69) is 23.5 Å². The summed E-state index contributed by atoms with van der Waals surface area (Å²) in [6.45, 7) is 9.30. The van der Waals surface area contributed by atoms with Crippen LogP contribution >= 0.6 is 0 Å². The zero-order chi connectivity index (χ0) is 22.8. The van der Waals surface area contributed by atoms with Gasteiger partial charge in [0.2, 0.25) is 0 Å². The number of hydrogen-bond donors (Lipinski definition) is 1. The highest BCUT2D eigenvalue weighted by Gasteiger charge is 2.35. The molecule has 1 N–H and O–H groups in total. The number of aryl methyl sites for hydroxylation is 1. The van der Waals surface area contributed by atoms with Crippen molar-refractivity contribution in [2.24, 2.45) is 0 Å². The maximum atomic E-state index is 12.2. The molecule has 0 saturated carbocycles. The van der Waals surface area contributed by atoms with Crippen LogP contribution in [0.2, 0.25) is 0 Å². The third-order valence-electron chi connectivity index (χ3n) is 5.75. The van der Waals surface area contributed by atoms with Gasteiger partial charge in [-0.15, -0.1) is 6.58 Å². The van der Waals surface area contributed by atoms with Crippen molar-refractivity contribution in [3.05, 3.63) is 41.7 Å². The molecule has 0 aromatic carbocycles. The van der Waals surface area contributed by atoms with Gasteiger partial charge in [0.15, 0.2) is 11.8 Å². The van der Waals surface area contributed by atoms with Crippen molar-refractivity contribution in [2.45, 2.75) is 38.4 Å². The van der Waals surface area contributed by atoms with Gasteiger partial charge < -0.3 is 24.2 Å². The number of rotatable bonds is 7. The number of methoxy groups -OCH3 is 2. The molecule has 0 unspecified atom stereocenters. The van der Waals surface area contributed by atoms with Crippen molar-refractivity contribution < 1.29 is 28.9 Å². The van der Waals surface area contributed by atoms with Gasteiger partial charge in [0, 0.05) is 30.9 Å². The number of aromatic nitrogens is 2. The maximum absolute atomic E-state index is 12.2. The first-order valence-electron chi connectivity index (χ1n) is 10.1. The summed E-state index contributed by atoms with van der Waals surface area (Å²) in [7, 11) is 2.52. The summed E-state index contributed by atoms with van der Waals surface area (Å²) in [5.74, 6) is -1.32. The number of pyridine rings is 1. The van der Waals surface area contributed by atoms with Crippen LogP contribution in [-0.4, -0.2) is 66.2 Å². The summed E-state index contributed by atoms with van der Waals surface area (Å²) in [5, 5.41) is 15.1. The smallest absolute Gasteiger partial charge is 0.358 e.